The average Bonchev–Trinajstić information content (AvgIpc) is 4.12. The Morgan fingerprint density at radius 3 is 2.45 bits per heavy atom. The maximum atomic E-state index is 13.4. The number of amides is 1. The van der Waals surface area contributed by atoms with E-state index in [9.17, 15) is 33.6 Å². The number of aromatic nitrogens is 1. The molecule has 0 unspecified atom stereocenters. The number of nitrogens with one attached hydrogen (secondary N) is 1. The molecule has 2 aromatic carbocycles. The highest BCUT2D eigenvalue weighted by molar-refractivity contribution is 7.99. The van der Waals surface area contributed by atoms with Gasteiger partial charge in [0.1, 0.15) is 33.9 Å². The van der Waals surface area contributed by atoms with Gasteiger partial charge in [0.25, 0.3) is 5.91 Å². The molecule has 0 bridgehead atoms. The van der Waals surface area contributed by atoms with Gasteiger partial charge in [0.2, 0.25) is 0 Å². The van der Waals surface area contributed by atoms with Crippen molar-refractivity contribution < 1.29 is 43.5 Å². The monoisotopic (exact) mass is 789 g/mol. The Bertz CT molecular complexity index is 1830. The van der Waals surface area contributed by atoms with Gasteiger partial charge in [-0.2, -0.15) is 0 Å². The lowest BCUT2D eigenvalue weighted by atomic mass is 9.94. The smallest absolute Gasteiger partial charge is 0.254 e. The maximum Gasteiger partial charge on any atom is 0.254 e. The third-order valence-corrected chi connectivity index (χ3v) is 13.4. The number of carbonyl (C=O) groups is 1. The van der Waals surface area contributed by atoms with Gasteiger partial charge < -0.3 is 40.5 Å². The first-order valence-corrected chi connectivity index (χ1v) is 21.3. The van der Waals surface area contributed by atoms with Gasteiger partial charge in [-0.3, -0.25) is 9.78 Å². The molecule has 288 valence electrons. The van der Waals surface area contributed by atoms with E-state index < -0.39 is 52.8 Å². The van der Waals surface area contributed by atoms with Crippen LogP contribution in [0.1, 0.15) is 56.1 Å². The Kier molecular flexibility index (Phi) is 13.1. The van der Waals surface area contributed by atoms with E-state index in [1.165, 1.54) is 4.90 Å². The average molecular weight is 790 g/mol. The van der Waals surface area contributed by atoms with Crippen LogP contribution in [0.2, 0.25) is 5.02 Å². The molecule has 0 spiro atoms. The number of benzene rings is 2. The fourth-order valence-electron chi connectivity index (χ4n) is 6.80. The summed E-state index contributed by atoms with van der Waals surface area (Å²) in [6.45, 7) is -0.169. The number of carbonyl (C=O) groups excluding carboxylic acids is 1. The van der Waals surface area contributed by atoms with Gasteiger partial charge in [0.15, 0.2) is 6.10 Å². The number of halogens is 1. The number of thioether (sulfide) groups is 1. The number of ether oxygens (including phenoxy) is 1. The largest absolute Gasteiger partial charge is 0.490 e. The number of hydrogen-bond acceptors (Lipinski definition) is 12. The summed E-state index contributed by atoms with van der Waals surface area (Å²) in [5.74, 6) is 0.386. The molecule has 1 aliphatic heterocycles. The summed E-state index contributed by atoms with van der Waals surface area (Å²) in [4.78, 5) is 20.2. The van der Waals surface area contributed by atoms with Crippen LogP contribution in [-0.2, 0) is 26.7 Å². The van der Waals surface area contributed by atoms with Crippen LogP contribution in [0, 0.1) is 0 Å². The molecule has 0 radical (unpaired) electrons. The minimum Gasteiger partial charge on any atom is -0.490 e. The highest BCUT2D eigenvalue weighted by Gasteiger charge is 2.46. The van der Waals surface area contributed by atoms with Crippen molar-refractivity contribution in [3.05, 3.63) is 77.1 Å². The van der Waals surface area contributed by atoms with Crippen molar-refractivity contribution in [3.8, 4) is 16.9 Å². The Hall–Kier alpha value is -2.79. The van der Waals surface area contributed by atoms with E-state index in [0.29, 0.717) is 23.7 Å². The minimum atomic E-state index is -3.23. The van der Waals surface area contributed by atoms with Gasteiger partial charge in [-0.1, -0.05) is 29.8 Å². The van der Waals surface area contributed by atoms with Crippen molar-refractivity contribution in [1.82, 2.24) is 15.2 Å². The van der Waals surface area contributed by atoms with Crippen molar-refractivity contribution in [2.24, 2.45) is 0 Å². The van der Waals surface area contributed by atoms with Crippen LogP contribution in [0.5, 0.6) is 5.75 Å². The van der Waals surface area contributed by atoms with Crippen molar-refractivity contribution in [2.45, 2.75) is 98.5 Å². The molecule has 53 heavy (non-hydrogen) atoms. The van der Waals surface area contributed by atoms with E-state index in [1.807, 2.05) is 48.8 Å². The number of aliphatic hydroxyl groups excluding tert-OH is 5. The van der Waals surface area contributed by atoms with Crippen molar-refractivity contribution in [3.63, 3.8) is 0 Å². The second-order valence-electron chi connectivity index (χ2n) is 14.2. The second kappa shape index (κ2) is 17.3. The van der Waals surface area contributed by atoms with Crippen LogP contribution in [0.4, 0.5) is 0 Å². The summed E-state index contributed by atoms with van der Waals surface area (Å²) in [6, 6.07) is 15.6. The van der Waals surface area contributed by atoms with Gasteiger partial charge in [-0.25, -0.2) is 8.42 Å². The molecule has 6 rings (SSSR count). The topological polar surface area (TPSA) is 190 Å². The predicted octanol–water partition coefficient (Wildman–Crippen LogP) is 3.05. The summed E-state index contributed by atoms with van der Waals surface area (Å²) < 4.78 is 30.4. The summed E-state index contributed by atoms with van der Waals surface area (Å²) >= 11 is 8.26. The fraction of sp³-hybridized carbons (Fsp3) is 0.526. The highest BCUT2D eigenvalue weighted by atomic mass is 35.5. The highest BCUT2D eigenvalue weighted by Crippen LogP contribution is 2.50. The Morgan fingerprint density at radius 1 is 1.02 bits per heavy atom. The lowest BCUT2D eigenvalue weighted by Crippen LogP contribution is -2.55. The Labute approximate surface area is 319 Å². The molecule has 15 heteroatoms. The Morgan fingerprint density at radius 2 is 1.75 bits per heavy atom. The Balaban J connectivity index is 1.08. The lowest BCUT2D eigenvalue weighted by molar-refractivity contribution is -0.160. The van der Waals surface area contributed by atoms with Crippen LogP contribution in [0.3, 0.4) is 0 Å². The molecule has 1 saturated heterocycles. The molecule has 3 aromatic rings. The molecule has 4 atom stereocenters. The minimum absolute atomic E-state index is 0.103. The fourth-order valence-corrected chi connectivity index (χ4v) is 9.35. The molecular formula is C38H48ClN3O9S2. The molecule has 2 heterocycles. The number of para-hydroxylation sites is 1. The van der Waals surface area contributed by atoms with E-state index in [2.05, 4.69) is 22.4 Å². The molecule has 3 aliphatic rings. The van der Waals surface area contributed by atoms with Crippen molar-refractivity contribution in [1.29, 1.82) is 0 Å². The number of hydrogen-bond donors (Lipinski definition) is 6. The van der Waals surface area contributed by atoms with Crippen LogP contribution in [0.25, 0.3) is 11.1 Å². The van der Waals surface area contributed by atoms with Gasteiger partial charge >= 0.3 is 0 Å². The summed E-state index contributed by atoms with van der Waals surface area (Å²) in [5.41, 5.74) is 3.97. The van der Waals surface area contributed by atoms with Gasteiger partial charge in [0, 0.05) is 52.5 Å². The molecular weight excluding hydrogens is 742 g/mol. The zero-order valence-electron chi connectivity index (χ0n) is 29.4. The zero-order valence-corrected chi connectivity index (χ0v) is 31.8. The quantitative estimate of drug-likeness (QED) is 0.0818. The van der Waals surface area contributed by atoms with Gasteiger partial charge in [-0.05, 0) is 97.7 Å². The molecule has 3 fully saturated rings. The molecule has 2 aliphatic carbocycles. The first kappa shape index (κ1) is 39.9. The number of aliphatic hydroxyl groups is 5. The van der Waals surface area contributed by atoms with E-state index in [1.54, 1.807) is 11.8 Å². The maximum absolute atomic E-state index is 13.4. The molecule has 1 amide bonds. The van der Waals surface area contributed by atoms with Gasteiger partial charge in [0.05, 0.1) is 24.2 Å². The molecule has 6 N–H and O–H groups in total. The number of pyridine rings is 1. The van der Waals surface area contributed by atoms with Crippen LogP contribution < -0.4 is 10.1 Å². The van der Waals surface area contributed by atoms with Crippen molar-refractivity contribution >= 4 is 39.1 Å². The molecule has 1 aromatic heterocycles. The standard InChI is InChI=1S/C38H48ClN3O9S2/c39-31-9-8-27(52-17-3-16-42(25-11-18-53(49,50)19-12-25)37(48)36(47)35(46)34(45)32(44)23-43)20-24(31)21-41-38(13-14-38)30-22-40-15-10-28(30)29-4-1-2-5-33(29)51-26-6-7-26/h1-2,4-5,8-10,15,20,22,25-26,32,34-36,41,43-47H,3,6-7,11-14,16-19,21,23H2/t32-,34+,35-,36-/m0/s1. The van der Waals surface area contributed by atoms with Crippen LogP contribution >= 0.6 is 23.4 Å². The van der Waals surface area contributed by atoms with E-state index in [4.69, 9.17) is 21.4 Å². The SMILES string of the molecule is O=C([C@@H](O)[C@@H](O)[C@H](O)[C@@H](O)CO)N(CCCSc1ccc(Cl)c(CNC2(c3cnccc3-c3ccccc3OC3CC3)CC2)c1)C1CCS(=O)(=O)CC1. The van der Waals surface area contributed by atoms with E-state index in [-0.39, 0.29) is 42.5 Å². The first-order chi connectivity index (χ1) is 25.4. The third-order valence-electron chi connectivity index (χ3n) is 10.3. The van der Waals surface area contributed by atoms with E-state index in [0.717, 1.165) is 58.6 Å². The number of sulfone groups is 1. The molecule has 12 nitrogen and oxygen atoms in total. The lowest BCUT2D eigenvalue weighted by Gasteiger charge is -2.37. The molecule has 2 saturated carbocycles. The van der Waals surface area contributed by atoms with Gasteiger partial charge in [-0.15, -0.1) is 11.8 Å². The summed E-state index contributed by atoms with van der Waals surface area (Å²) in [5, 5.41) is 54.4. The van der Waals surface area contributed by atoms with E-state index >= 15 is 0 Å². The van der Waals surface area contributed by atoms with Crippen LogP contribution in [0.15, 0.2) is 65.8 Å². The normalized spacial score (nSPS) is 20.3. The zero-order chi connectivity index (χ0) is 37.8. The second-order valence-corrected chi connectivity index (χ2v) is 18.1. The third kappa shape index (κ3) is 9.91. The first-order valence-electron chi connectivity index (χ1n) is 18.1. The summed E-state index contributed by atoms with van der Waals surface area (Å²) in [6.07, 6.45) is 1.12. The van der Waals surface area contributed by atoms with Crippen LogP contribution in [-0.4, -0.2) is 117 Å². The van der Waals surface area contributed by atoms with Crippen molar-refractivity contribution in [2.75, 3.05) is 30.4 Å². The number of rotatable bonds is 18. The number of nitrogens with zero attached hydrogens (tertiary/aromatic N) is 2. The summed E-state index contributed by atoms with van der Waals surface area (Å²) in [7, 11) is -3.23. The predicted molar refractivity (Wildman–Crippen MR) is 202 cm³/mol.